The second-order valence-electron chi connectivity index (χ2n) is 11.5. The van der Waals surface area contributed by atoms with Crippen LogP contribution in [0.2, 0.25) is 0 Å². The molecule has 1 saturated heterocycles. The van der Waals surface area contributed by atoms with Crippen LogP contribution in [0.5, 0.6) is 5.75 Å². The topological polar surface area (TPSA) is 61.5 Å². The number of benzene rings is 4. The molecular weight excluding hydrogens is 560 g/mol. The van der Waals surface area contributed by atoms with Crippen LogP contribution in [0.15, 0.2) is 110 Å². The summed E-state index contributed by atoms with van der Waals surface area (Å²) in [6.45, 7) is 5.68. The molecule has 0 spiro atoms. The first kappa shape index (κ1) is 28.6. The van der Waals surface area contributed by atoms with Crippen LogP contribution in [-0.2, 0) is 17.8 Å². The van der Waals surface area contributed by atoms with Gasteiger partial charge in [0.25, 0.3) is 5.91 Å². The average Bonchev–Trinajstić information content (AvgIpc) is 3.67. The van der Waals surface area contributed by atoms with E-state index in [0.29, 0.717) is 45.0 Å². The molecule has 0 aliphatic carbocycles. The number of hydrogen-bond donors (Lipinski definition) is 0. The van der Waals surface area contributed by atoms with Gasteiger partial charge in [0.1, 0.15) is 5.75 Å². The van der Waals surface area contributed by atoms with Gasteiger partial charge in [-0.3, -0.25) is 4.79 Å². The van der Waals surface area contributed by atoms with Crippen LogP contribution in [0.4, 0.5) is 0 Å². The second kappa shape index (κ2) is 12.5. The summed E-state index contributed by atoms with van der Waals surface area (Å²) in [5, 5.41) is 2.28. The second-order valence-corrected chi connectivity index (χ2v) is 11.5. The summed E-state index contributed by atoms with van der Waals surface area (Å²) in [4.78, 5) is 20.5. The number of hydrogen-bond acceptors (Lipinski definition) is 4. The number of methoxy groups -OCH3 is 1. The number of rotatable bonds is 8. The number of carbonyl (C=O) groups is 1. The van der Waals surface area contributed by atoms with Crippen LogP contribution in [0.25, 0.3) is 33.0 Å². The Morgan fingerprint density at radius 3 is 2.29 bits per heavy atom. The lowest BCUT2D eigenvalue weighted by atomic mass is 9.97. The number of ether oxygens (including phenoxy) is 2. The van der Waals surface area contributed by atoms with Crippen molar-refractivity contribution in [1.82, 2.24) is 19.0 Å². The molecule has 7 heteroatoms. The molecule has 0 radical (unpaired) electrons. The van der Waals surface area contributed by atoms with Crippen LogP contribution >= 0.6 is 0 Å². The Kier molecular flexibility index (Phi) is 7.92. The lowest BCUT2D eigenvalue weighted by molar-refractivity contribution is 0.0303. The summed E-state index contributed by atoms with van der Waals surface area (Å²) in [5.41, 5.74) is 8.31. The summed E-state index contributed by atoms with van der Waals surface area (Å²) in [5.74, 6) is 0.894. The maximum atomic E-state index is 13.9. The molecule has 0 atom stereocenters. The van der Waals surface area contributed by atoms with E-state index in [1.54, 1.807) is 7.11 Å². The van der Waals surface area contributed by atoms with Crippen molar-refractivity contribution in [3.63, 3.8) is 0 Å². The van der Waals surface area contributed by atoms with Gasteiger partial charge in [0.15, 0.2) is 0 Å². The summed E-state index contributed by atoms with van der Waals surface area (Å²) in [7, 11) is 1.68. The van der Waals surface area contributed by atoms with Crippen molar-refractivity contribution in [2.45, 2.75) is 20.0 Å². The van der Waals surface area contributed by atoms with Crippen molar-refractivity contribution in [3.05, 3.63) is 132 Å². The molecule has 0 unspecified atom stereocenters. The van der Waals surface area contributed by atoms with Gasteiger partial charge in [-0.2, -0.15) is 0 Å². The minimum atomic E-state index is 0.0437. The normalized spacial score (nSPS) is 13.3. The van der Waals surface area contributed by atoms with E-state index in [4.69, 9.17) is 9.47 Å². The molecule has 7 rings (SSSR count). The van der Waals surface area contributed by atoms with Crippen molar-refractivity contribution >= 4 is 16.7 Å². The van der Waals surface area contributed by atoms with Crippen LogP contribution < -0.4 is 4.74 Å². The van der Waals surface area contributed by atoms with Crippen molar-refractivity contribution in [2.24, 2.45) is 0 Å². The fourth-order valence-electron chi connectivity index (χ4n) is 6.19. The van der Waals surface area contributed by atoms with Gasteiger partial charge in [0, 0.05) is 37.6 Å². The Balaban J connectivity index is 1.19. The zero-order valence-electron chi connectivity index (χ0n) is 25.6. The Hall–Kier alpha value is -5.14. The number of fused-ring (bicyclic) bond motifs is 1. The van der Waals surface area contributed by atoms with Crippen molar-refractivity contribution in [3.8, 4) is 28.0 Å². The Morgan fingerprint density at radius 1 is 0.822 bits per heavy atom. The SMILES string of the molecule is COc1ccc(-c2ccc(Cn3cnc(C)c3Cn3cc(C(=O)N4CCOCC4)c(-c4cccc5ccccc45)c3)cc2)cc1. The van der Waals surface area contributed by atoms with Gasteiger partial charge in [-0.15, -0.1) is 0 Å². The zero-order chi connectivity index (χ0) is 30.8. The average molecular weight is 597 g/mol. The molecule has 0 N–H and O–H groups in total. The number of aromatic nitrogens is 3. The minimum Gasteiger partial charge on any atom is -0.497 e. The van der Waals surface area contributed by atoms with Crippen LogP contribution in [0.3, 0.4) is 0 Å². The number of imidazole rings is 1. The molecule has 1 aliphatic rings. The highest BCUT2D eigenvalue weighted by molar-refractivity contribution is 6.06. The molecule has 226 valence electrons. The predicted octanol–water partition coefficient (Wildman–Crippen LogP) is 7.06. The van der Waals surface area contributed by atoms with Gasteiger partial charge < -0.3 is 23.5 Å². The van der Waals surface area contributed by atoms with Crippen molar-refractivity contribution in [1.29, 1.82) is 0 Å². The first-order chi connectivity index (χ1) is 22.1. The zero-order valence-corrected chi connectivity index (χ0v) is 25.6. The van der Waals surface area contributed by atoms with E-state index >= 15 is 0 Å². The molecule has 2 aromatic heterocycles. The van der Waals surface area contributed by atoms with E-state index in [-0.39, 0.29) is 5.91 Å². The lowest BCUT2D eigenvalue weighted by Gasteiger charge is -2.27. The molecule has 7 nitrogen and oxygen atoms in total. The fourth-order valence-corrected chi connectivity index (χ4v) is 6.19. The van der Waals surface area contributed by atoms with Gasteiger partial charge >= 0.3 is 0 Å². The third-order valence-corrected chi connectivity index (χ3v) is 8.71. The Bertz CT molecular complexity index is 1940. The van der Waals surface area contributed by atoms with E-state index in [0.717, 1.165) is 50.2 Å². The van der Waals surface area contributed by atoms with Gasteiger partial charge in [0.2, 0.25) is 0 Å². The quantitative estimate of drug-likeness (QED) is 0.189. The minimum absolute atomic E-state index is 0.0437. The van der Waals surface area contributed by atoms with E-state index in [1.807, 2.05) is 42.5 Å². The monoisotopic (exact) mass is 596 g/mol. The van der Waals surface area contributed by atoms with Gasteiger partial charge in [-0.05, 0) is 52.1 Å². The highest BCUT2D eigenvalue weighted by Crippen LogP contribution is 2.33. The summed E-state index contributed by atoms with van der Waals surface area (Å²) < 4.78 is 15.2. The molecule has 1 aliphatic heterocycles. The summed E-state index contributed by atoms with van der Waals surface area (Å²) in [6.07, 6.45) is 6.04. The van der Waals surface area contributed by atoms with Gasteiger partial charge in [-0.1, -0.05) is 78.9 Å². The predicted molar refractivity (Wildman–Crippen MR) is 178 cm³/mol. The number of nitrogens with zero attached hydrogens (tertiary/aromatic N) is 4. The van der Waals surface area contributed by atoms with E-state index < -0.39 is 0 Å². The molecule has 0 bridgehead atoms. The number of carbonyl (C=O) groups excluding carboxylic acids is 1. The Labute approximate surface area is 263 Å². The van der Waals surface area contributed by atoms with Crippen LogP contribution in [0.1, 0.15) is 27.3 Å². The first-order valence-electron chi connectivity index (χ1n) is 15.4. The van der Waals surface area contributed by atoms with E-state index in [1.165, 1.54) is 5.56 Å². The molecule has 6 aromatic rings. The van der Waals surface area contributed by atoms with Gasteiger partial charge in [0.05, 0.1) is 50.1 Å². The molecular formula is C38H36N4O3. The Morgan fingerprint density at radius 2 is 1.53 bits per heavy atom. The third kappa shape index (κ3) is 5.87. The van der Waals surface area contributed by atoms with Gasteiger partial charge in [-0.25, -0.2) is 4.98 Å². The molecule has 45 heavy (non-hydrogen) atoms. The van der Waals surface area contributed by atoms with Crippen LogP contribution in [0, 0.1) is 6.92 Å². The fraction of sp³-hybridized carbons (Fsp3) is 0.211. The molecule has 1 amide bonds. The highest BCUT2D eigenvalue weighted by atomic mass is 16.5. The van der Waals surface area contributed by atoms with Crippen molar-refractivity contribution in [2.75, 3.05) is 33.4 Å². The summed E-state index contributed by atoms with van der Waals surface area (Å²) >= 11 is 0. The highest BCUT2D eigenvalue weighted by Gasteiger charge is 2.24. The third-order valence-electron chi connectivity index (χ3n) is 8.71. The van der Waals surface area contributed by atoms with E-state index in [9.17, 15) is 4.79 Å². The number of morpholine rings is 1. The molecule has 1 fully saturated rings. The largest absolute Gasteiger partial charge is 0.497 e. The molecule has 4 aromatic carbocycles. The summed E-state index contributed by atoms with van der Waals surface area (Å²) in [6, 6.07) is 31.4. The maximum Gasteiger partial charge on any atom is 0.256 e. The molecule has 0 saturated carbocycles. The smallest absolute Gasteiger partial charge is 0.256 e. The number of aryl methyl sites for hydroxylation is 1. The first-order valence-corrected chi connectivity index (χ1v) is 15.4. The van der Waals surface area contributed by atoms with Crippen LogP contribution in [-0.4, -0.2) is 58.3 Å². The standard InChI is InChI=1S/C38H36N4O3/c1-27-37(42(26-39-27)22-28-10-12-29(13-11-28)30-14-16-32(44-2)17-15-30)25-40-23-35(34-9-5-7-31-6-3-4-8-33(31)34)36(24-40)38(43)41-18-20-45-21-19-41/h3-17,23-24,26H,18-22,25H2,1-2H3. The van der Waals surface area contributed by atoms with E-state index in [2.05, 4.69) is 93.1 Å². The number of amides is 1. The molecule has 3 heterocycles. The van der Waals surface area contributed by atoms with Crippen molar-refractivity contribution < 1.29 is 14.3 Å². The lowest BCUT2D eigenvalue weighted by Crippen LogP contribution is -2.40. The maximum absolute atomic E-state index is 13.9.